The first-order chi connectivity index (χ1) is 10.4. The quantitative estimate of drug-likeness (QED) is 0.816. The van der Waals surface area contributed by atoms with Gasteiger partial charge in [-0.15, -0.1) is 0 Å². The zero-order valence-corrected chi connectivity index (χ0v) is 13.2. The van der Waals surface area contributed by atoms with Gasteiger partial charge in [0.05, 0.1) is 17.9 Å². The zero-order valence-electron chi connectivity index (χ0n) is 12.4. The van der Waals surface area contributed by atoms with Gasteiger partial charge in [0.1, 0.15) is 5.41 Å². The molecule has 0 N–H and O–H groups in total. The Labute approximate surface area is 129 Å². The number of nitrogens with zero attached hydrogens (tertiary/aromatic N) is 1. The number of ether oxygens (including phenoxy) is 3. The highest BCUT2D eigenvalue weighted by atomic mass is 32.2. The van der Waals surface area contributed by atoms with Gasteiger partial charge in [0.25, 0.3) is 0 Å². The van der Waals surface area contributed by atoms with Crippen molar-refractivity contribution in [2.75, 3.05) is 26.3 Å². The summed E-state index contributed by atoms with van der Waals surface area (Å²) in [4.78, 5) is 0. The second-order valence-electron chi connectivity index (χ2n) is 5.63. The maximum atomic E-state index is 12.1. The summed E-state index contributed by atoms with van der Waals surface area (Å²) in [6.07, 6.45) is 1.17. The van der Waals surface area contributed by atoms with Gasteiger partial charge in [-0.05, 0) is 24.6 Å². The van der Waals surface area contributed by atoms with Gasteiger partial charge in [-0.25, -0.2) is 8.42 Å². The molecule has 6 nitrogen and oxygen atoms in total. The summed E-state index contributed by atoms with van der Waals surface area (Å²) in [5.41, 5.74) is -0.266. The van der Waals surface area contributed by atoms with Crippen LogP contribution in [0, 0.1) is 16.7 Å². The lowest BCUT2D eigenvalue weighted by atomic mass is 10.0. The van der Waals surface area contributed by atoms with Crippen molar-refractivity contribution < 1.29 is 22.6 Å². The minimum absolute atomic E-state index is 0.108. The zero-order chi connectivity index (χ0) is 16.0. The van der Waals surface area contributed by atoms with Crippen LogP contribution in [0.3, 0.4) is 0 Å². The van der Waals surface area contributed by atoms with Gasteiger partial charge < -0.3 is 14.2 Å². The molecule has 0 saturated heterocycles. The van der Waals surface area contributed by atoms with Gasteiger partial charge in [-0.3, -0.25) is 0 Å². The monoisotopic (exact) mass is 323 g/mol. The summed E-state index contributed by atoms with van der Waals surface area (Å²) in [6.45, 7) is 2.52. The molecule has 1 aromatic carbocycles. The number of hydrogen-bond acceptors (Lipinski definition) is 6. The van der Waals surface area contributed by atoms with Crippen LogP contribution >= 0.6 is 0 Å². The summed E-state index contributed by atoms with van der Waals surface area (Å²) in [6, 6.07) is 7.49. The molecule has 0 bridgehead atoms. The van der Waals surface area contributed by atoms with Gasteiger partial charge in [0.2, 0.25) is 6.79 Å². The van der Waals surface area contributed by atoms with Crippen LogP contribution in [-0.2, 0) is 14.6 Å². The molecule has 3 rings (SSSR count). The fraction of sp³-hybridized carbons (Fsp3) is 0.533. The number of sulfone groups is 1. The average molecular weight is 323 g/mol. The summed E-state index contributed by atoms with van der Waals surface area (Å²) in [5.74, 6) is 0.807. The number of fused-ring (bicyclic) bond motifs is 1. The predicted octanol–water partition coefficient (Wildman–Crippen LogP) is 1.47. The summed E-state index contributed by atoms with van der Waals surface area (Å²) >= 11 is 0. The highest BCUT2D eigenvalue weighted by Crippen LogP contribution is 2.63. The molecular weight excluding hydrogens is 306 g/mol. The molecule has 3 atom stereocenters. The van der Waals surface area contributed by atoms with E-state index in [2.05, 4.69) is 6.07 Å². The van der Waals surface area contributed by atoms with Crippen LogP contribution < -0.4 is 9.47 Å². The Morgan fingerprint density at radius 1 is 1.41 bits per heavy atom. The molecule has 0 radical (unpaired) electrons. The fourth-order valence-corrected chi connectivity index (χ4v) is 5.07. The molecule has 22 heavy (non-hydrogen) atoms. The molecule has 2 aliphatic rings. The lowest BCUT2D eigenvalue weighted by Crippen LogP contribution is -2.18. The van der Waals surface area contributed by atoms with E-state index in [0.717, 1.165) is 5.56 Å². The number of benzene rings is 1. The Kier molecular flexibility index (Phi) is 3.54. The van der Waals surface area contributed by atoms with Crippen molar-refractivity contribution in [2.24, 2.45) is 5.41 Å². The van der Waals surface area contributed by atoms with Crippen molar-refractivity contribution in [3.8, 4) is 17.6 Å². The molecular formula is C15H17NO5S. The average Bonchev–Trinajstić information content (AvgIpc) is 2.94. The molecule has 1 aromatic rings. The molecule has 1 heterocycles. The molecule has 1 aliphatic carbocycles. The molecule has 3 unspecified atom stereocenters. The standard InChI is InChI=1S/C15H17NO5S/c1-3-19-8-15(7-16)13(14(15)22(2,17)18)10-4-5-11-12(6-10)21-9-20-11/h4-6,13-14H,3,8-9H2,1-2H3. The number of nitriles is 1. The number of rotatable bonds is 5. The summed E-state index contributed by atoms with van der Waals surface area (Å²) < 4.78 is 40.1. The van der Waals surface area contributed by atoms with Crippen molar-refractivity contribution >= 4 is 9.84 Å². The van der Waals surface area contributed by atoms with Crippen molar-refractivity contribution in [3.05, 3.63) is 23.8 Å². The third-order valence-corrected chi connectivity index (χ3v) is 5.84. The smallest absolute Gasteiger partial charge is 0.231 e. The van der Waals surface area contributed by atoms with Crippen molar-refractivity contribution in [1.29, 1.82) is 5.26 Å². The topological polar surface area (TPSA) is 85.6 Å². The lowest BCUT2D eigenvalue weighted by Gasteiger charge is -2.09. The number of hydrogen-bond donors (Lipinski definition) is 0. The molecule has 0 spiro atoms. The maximum absolute atomic E-state index is 12.1. The van der Waals surface area contributed by atoms with Crippen LogP contribution in [0.4, 0.5) is 0 Å². The minimum Gasteiger partial charge on any atom is -0.454 e. The maximum Gasteiger partial charge on any atom is 0.231 e. The third kappa shape index (κ3) is 2.23. The molecule has 1 saturated carbocycles. The van der Waals surface area contributed by atoms with E-state index >= 15 is 0 Å². The van der Waals surface area contributed by atoms with Gasteiger partial charge in [0.15, 0.2) is 21.3 Å². The Balaban J connectivity index is 1.99. The molecule has 118 valence electrons. The normalized spacial score (nSPS) is 29.1. The van der Waals surface area contributed by atoms with Crippen LogP contribution in [0.15, 0.2) is 18.2 Å². The summed E-state index contributed by atoms with van der Waals surface area (Å²) in [5, 5.41) is 8.84. The van der Waals surface area contributed by atoms with E-state index in [1.54, 1.807) is 18.2 Å². The van der Waals surface area contributed by atoms with Crippen molar-refractivity contribution in [1.82, 2.24) is 0 Å². The molecule has 7 heteroatoms. The van der Waals surface area contributed by atoms with E-state index in [1.165, 1.54) is 6.26 Å². The van der Waals surface area contributed by atoms with Crippen LogP contribution in [-0.4, -0.2) is 39.9 Å². The Hall–Kier alpha value is -1.78. The Morgan fingerprint density at radius 3 is 2.77 bits per heavy atom. The molecule has 0 aromatic heterocycles. The van der Waals surface area contributed by atoms with E-state index in [4.69, 9.17) is 14.2 Å². The summed E-state index contributed by atoms with van der Waals surface area (Å²) in [7, 11) is -3.37. The van der Waals surface area contributed by atoms with Crippen LogP contribution in [0.2, 0.25) is 0 Å². The Bertz CT molecular complexity index is 739. The third-order valence-electron chi connectivity index (χ3n) is 4.23. The lowest BCUT2D eigenvalue weighted by molar-refractivity contribution is 0.117. The van der Waals surface area contributed by atoms with E-state index in [1.807, 2.05) is 6.92 Å². The van der Waals surface area contributed by atoms with E-state index in [0.29, 0.717) is 18.1 Å². The second kappa shape index (κ2) is 5.14. The van der Waals surface area contributed by atoms with E-state index in [9.17, 15) is 13.7 Å². The van der Waals surface area contributed by atoms with Gasteiger partial charge in [0, 0.05) is 18.8 Å². The van der Waals surface area contributed by atoms with Crippen LogP contribution in [0.25, 0.3) is 0 Å². The molecule has 1 fully saturated rings. The van der Waals surface area contributed by atoms with Crippen molar-refractivity contribution in [2.45, 2.75) is 18.1 Å². The molecule has 0 amide bonds. The van der Waals surface area contributed by atoms with Gasteiger partial charge in [-0.1, -0.05) is 6.07 Å². The highest BCUT2D eigenvalue weighted by Gasteiger charge is 2.71. The largest absolute Gasteiger partial charge is 0.454 e. The SMILES string of the molecule is CCOCC1(C#N)C(c2ccc3c(c2)OCO3)C1S(C)(=O)=O. The molecule has 1 aliphatic heterocycles. The van der Waals surface area contributed by atoms with E-state index in [-0.39, 0.29) is 13.4 Å². The second-order valence-corrected chi connectivity index (χ2v) is 7.80. The fourth-order valence-electron chi connectivity index (χ4n) is 3.22. The first-order valence-corrected chi connectivity index (χ1v) is 8.97. The van der Waals surface area contributed by atoms with Gasteiger partial charge >= 0.3 is 0 Å². The first kappa shape index (κ1) is 15.1. The first-order valence-electron chi connectivity index (χ1n) is 7.01. The van der Waals surface area contributed by atoms with Crippen molar-refractivity contribution in [3.63, 3.8) is 0 Å². The predicted molar refractivity (Wildman–Crippen MR) is 78.5 cm³/mol. The van der Waals surface area contributed by atoms with Crippen LogP contribution in [0.1, 0.15) is 18.4 Å². The highest BCUT2D eigenvalue weighted by molar-refractivity contribution is 7.91. The minimum atomic E-state index is -3.37. The Morgan fingerprint density at radius 2 is 2.14 bits per heavy atom. The van der Waals surface area contributed by atoms with E-state index < -0.39 is 26.4 Å². The van der Waals surface area contributed by atoms with Crippen LogP contribution in [0.5, 0.6) is 11.5 Å². The van der Waals surface area contributed by atoms with Gasteiger partial charge in [-0.2, -0.15) is 5.26 Å².